The number of nitrogens with one attached hydrogen (secondary N) is 1. The summed E-state index contributed by atoms with van der Waals surface area (Å²) >= 11 is 5.89. The van der Waals surface area contributed by atoms with E-state index in [1.54, 1.807) is 18.2 Å². The third kappa shape index (κ3) is 3.95. The van der Waals surface area contributed by atoms with Crippen LogP contribution < -0.4 is 10.1 Å². The van der Waals surface area contributed by atoms with Crippen molar-refractivity contribution in [2.75, 3.05) is 18.7 Å². The molecular weight excluding hydrogens is 356 g/mol. The van der Waals surface area contributed by atoms with E-state index in [1.807, 2.05) is 0 Å². The molecule has 1 N–H and O–H groups in total. The average Bonchev–Trinajstić information content (AvgIpc) is 2.52. The molecule has 2 rings (SSSR count). The minimum Gasteiger partial charge on any atom is -0.496 e. The Kier molecular flexibility index (Phi) is 5.30. The maximum atomic E-state index is 11.8. The van der Waals surface area contributed by atoms with Gasteiger partial charge in [0, 0.05) is 23.4 Å². The molecule has 2 aromatic carbocycles. The van der Waals surface area contributed by atoms with E-state index in [1.165, 1.54) is 25.3 Å². The van der Waals surface area contributed by atoms with Gasteiger partial charge in [-0.05, 0) is 24.3 Å². The van der Waals surface area contributed by atoms with Crippen molar-refractivity contribution in [1.29, 1.82) is 0 Å². The van der Waals surface area contributed by atoms with Crippen LogP contribution >= 0.6 is 11.6 Å². The lowest BCUT2D eigenvalue weighted by molar-refractivity contribution is -0.386. The quantitative estimate of drug-likeness (QED) is 0.619. The first kappa shape index (κ1) is 18.0. The second-order valence-electron chi connectivity index (χ2n) is 4.99. The fraction of sp³-hybridized carbons (Fsp3) is 0.200. The molecule has 0 spiro atoms. The molecule has 0 bridgehead atoms. The van der Waals surface area contributed by atoms with Crippen molar-refractivity contribution < 1.29 is 18.1 Å². The topological polar surface area (TPSA) is 98.5 Å². The van der Waals surface area contributed by atoms with Gasteiger partial charge in [0.05, 0.1) is 12.0 Å². The summed E-state index contributed by atoms with van der Waals surface area (Å²) in [5.41, 5.74) is 0.355. The van der Waals surface area contributed by atoms with Crippen LogP contribution in [0.1, 0.15) is 5.56 Å². The van der Waals surface area contributed by atoms with Crippen molar-refractivity contribution >= 4 is 32.8 Å². The van der Waals surface area contributed by atoms with Gasteiger partial charge in [-0.25, -0.2) is 8.42 Å². The predicted molar refractivity (Wildman–Crippen MR) is 91.5 cm³/mol. The molecule has 128 valence electrons. The van der Waals surface area contributed by atoms with E-state index in [9.17, 15) is 18.5 Å². The van der Waals surface area contributed by atoms with Crippen LogP contribution in [-0.2, 0) is 16.4 Å². The Morgan fingerprint density at radius 1 is 1.29 bits per heavy atom. The van der Waals surface area contributed by atoms with Gasteiger partial charge in [0.25, 0.3) is 0 Å². The molecule has 7 nitrogen and oxygen atoms in total. The zero-order chi connectivity index (χ0) is 17.9. The summed E-state index contributed by atoms with van der Waals surface area (Å²) in [4.78, 5) is 10.3. The van der Waals surface area contributed by atoms with Crippen molar-refractivity contribution in [3.63, 3.8) is 0 Å². The Balaban J connectivity index is 2.39. The van der Waals surface area contributed by atoms with Gasteiger partial charge < -0.3 is 10.1 Å². The lowest BCUT2D eigenvalue weighted by atomic mass is 10.2. The highest BCUT2D eigenvalue weighted by Crippen LogP contribution is 2.33. The largest absolute Gasteiger partial charge is 0.496 e. The Morgan fingerprint density at radius 2 is 2.00 bits per heavy atom. The average molecular weight is 371 g/mol. The second-order valence-corrected chi connectivity index (χ2v) is 7.41. The van der Waals surface area contributed by atoms with Gasteiger partial charge in [0.2, 0.25) is 0 Å². The summed E-state index contributed by atoms with van der Waals surface area (Å²) in [6, 6.07) is 9.13. The van der Waals surface area contributed by atoms with Gasteiger partial charge in [-0.15, -0.1) is 0 Å². The number of nitro benzene ring substituents is 1. The molecule has 0 aliphatic carbocycles. The minimum atomic E-state index is -3.73. The van der Waals surface area contributed by atoms with E-state index in [2.05, 4.69) is 5.32 Å². The highest BCUT2D eigenvalue weighted by molar-refractivity contribution is 7.90. The van der Waals surface area contributed by atoms with Gasteiger partial charge in [-0.3, -0.25) is 10.1 Å². The predicted octanol–water partition coefficient (Wildman–Crippen LogP) is 3.27. The van der Waals surface area contributed by atoms with Gasteiger partial charge in [-0.2, -0.15) is 0 Å². The zero-order valence-electron chi connectivity index (χ0n) is 12.9. The standard InChI is InChI=1S/C15H15ClN2O5S/c1-23-13-8-11(16)7-6-10(13)9-17-12-4-3-5-14(24(2,21)22)15(12)18(19)20/h3-8,17H,9H2,1-2H3. The maximum Gasteiger partial charge on any atom is 0.310 e. The van der Waals surface area contributed by atoms with E-state index >= 15 is 0 Å². The molecular formula is C15H15ClN2O5S. The number of methoxy groups -OCH3 is 1. The van der Waals surface area contributed by atoms with Crippen molar-refractivity contribution in [2.45, 2.75) is 11.4 Å². The second kappa shape index (κ2) is 7.06. The highest BCUT2D eigenvalue weighted by Gasteiger charge is 2.26. The maximum absolute atomic E-state index is 11.8. The van der Waals surface area contributed by atoms with Crippen LogP contribution in [0.5, 0.6) is 5.75 Å². The summed E-state index contributed by atoms with van der Waals surface area (Å²) in [7, 11) is -2.24. The minimum absolute atomic E-state index is 0.111. The van der Waals surface area contributed by atoms with Gasteiger partial charge in [-0.1, -0.05) is 23.7 Å². The molecule has 0 amide bonds. The van der Waals surface area contributed by atoms with Crippen LogP contribution in [0.2, 0.25) is 5.02 Å². The van der Waals surface area contributed by atoms with Crippen molar-refractivity contribution in [3.05, 3.63) is 57.1 Å². The number of benzene rings is 2. The number of anilines is 1. The molecule has 0 radical (unpaired) electrons. The van der Waals surface area contributed by atoms with Crippen LogP contribution in [0.15, 0.2) is 41.3 Å². The summed E-state index contributed by atoms with van der Waals surface area (Å²) in [6.07, 6.45) is 0.932. The normalized spacial score (nSPS) is 11.1. The molecule has 0 aliphatic heterocycles. The van der Waals surface area contributed by atoms with Crippen LogP contribution in [-0.4, -0.2) is 26.7 Å². The first-order chi connectivity index (χ1) is 11.2. The molecule has 9 heteroatoms. The van der Waals surface area contributed by atoms with E-state index in [0.29, 0.717) is 10.8 Å². The Bertz CT molecular complexity index is 883. The molecule has 0 fully saturated rings. The first-order valence-corrected chi connectivity index (χ1v) is 9.04. The highest BCUT2D eigenvalue weighted by atomic mass is 35.5. The number of halogens is 1. The molecule has 0 saturated carbocycles. The number of sulfone groups is 1. The molecule has 0 unspecified atom stereocenters. The molecule has 0 aromatic heterocycles. The monoisotopic (exact) mass is 370 g/mol. The first-order valence-electron chi connectivity index (χ1n) is 6.77. The fourth-order valence-corrected chi connectivity index (χ4v) is 3.23. The lowest BCUT2D eigenvalue weighted by Crippen LogP contribution is -2.08. The molecule has 0 aliphatic rings. The number of nitrogens with zero attached hydrogens (tertiary/aromatic N) is 1. The molecule has 2 aromatic rings. The number of hydrogen-bond donors (Lipinski definition) is 1. The van der Waals surface area contributed by atoms with E-state index in [4.69, 9.17) is 16.3 Å². The van der Waals surface area contributed by atoms with E-state index < -0.39 is 20.4 Å². The number of nitro groups is 1. The van der Waals surface area contributed by atoms with Crippen molar-refractivity contribution in [2.24, 2.45) is 0 Å². The number of hydrogen-bond acceptors (Lipinski definition) is 6. The van der Waals surface area contributed by atoms with E-state index in [0.717, 1.165) is 11.8 Å². The smallest absolute Gasteiger partial charge is 0.310 e. The Labute approximate surface area is 144 Å². The summed E-state index contributed by atoms with van der Waals surface area (Å²) < 4.78 is 28.7. The van der Waals surface area contributed by atoms with Crippen LogP contribution in [0.25, 0.3) is 0 Å². The third-order valence-corrected chi connectivity index (χ3v) is 4.66. The van der Waals surface area contributed by atoms with Gasteiger partial charge >= 0.3 is 5.69 Å². The summed E-state index contributed by atoms with van der Waals surface area (Å²) in [5.74, 6) is 0.525. The van der Waals surface area contributed by atoms with Gasteiger partial charge in [0.1, 0.15) is 16.3 Å². The Morgan fingerprint density at radius 3 is 2.58 bits per heavy atom. The summed E-state index contributed by atoms with van der Waals surface area (Å²) in [6.45, 7) is 0.203. The van der Waals surface area contributed by atoms with Crippen LogP contribution in [0, 0.1) is 10.1 Å². The molecule has 0 atom stereocenters. The molecule has 0 saturated heterocycles. The molecule has 0 heterocycles. The number of rotatable bonds is 6. The lowest BCUT2D eigenvalue weighted by Gasteiger charge is -2.12. The SMILES string of the molecule is COc1cc(Cl)ccc1CNc1cccc(S(C)(=O)=O)c1[N+](=O)[O-]. The van der Waals surface area contributed by atoms with Crippen molar-refractivity contribution in [3.8, 4) is 5.75 Å². The van der Waals surface area contributed by atoms with E-state index in [-0.39, 0.29) is 17.1 Å². The van der Waals surface area contributed by atoms with Crippen LogP contribution in [0.3, 0.4) is 0 Å². The zero-order valence-corrected chi connectivity index (χ0v) is 14.5. The van der Waals surface area contributed by atoms with Crippen LogP contribution in [0.4, 0.5) is 11.4 Å². The summed E-state index contributed by atoms with van der Waals surface area (Å²) in [5, 5.41) is 14.7. The fourth-order valence-electron chi connectivity index (χ4n) is 2.21. The van der Waals surface area contributed by atoms with Gasteiger partial charge in [0.15, 0.2) is 9.84 Å². The molecule has 24 heavy (non-hydrogen) atoms. The number of para-hydroxylation sites is 1. The Hall–Kier alpha value is -2.32. The van der Waals surface area contributed by atoms with Crippen molar-refractivity contribution in [1.82, 2.24) is 0 Å². The third-order valence-electron chi connectivity index (χ3n) is 3.30. The number of ether oxygens (including phenoxy) is 1.